The van der Waals surface area contributed by atoms with E-state index in [0.717, 1.165) is 46.8 Å². The predicted molar refractivity (Wildman–Crippen MR) is 92.1 cm³/mol. The molecular weight excluding hydrogens is 311 g/mol. The second-order valence-corrected chi connectivity index (χ2v) is 7.15. The molecule has 23 heavy (non-hydrogen) atoms. The highest BCUT2D eigenvalue weighted by Crippen LogP contribution is 2.33. The number of nitrogens with zero attached hydrogens (tertiary/aromatic N) is 1. The molecule has 2 aromatic rings. The van der Waals surface area contributed by atoms with Gasteiger partial charge in [-0.1, -0.05) is 12.1 Å². The average Bonchev–Trinajstić information content (AvgIpc) is 2.97. The number of rotatable bonds is 3. The summed E-state index contributed by atoms with van der Waals surface area (Å²) < 4.78 is 13.1. The van der Waals surface area contributed by atoms with E-state index in [9.17, 15) is 9.18 Å². The summed E-state index contributed by atoms with van der Waals surface area (Å²) in [5, 5.41) is 0. The SMILES string of the molecule is Cc1cc(C(=O)N2CCC(CN)CC2)sc1-c1ccc(F)cc1. The number of likely N-dealkylation sites (tertiary alicyclic amines) is 1. The van der Waals surface area contributed by atoms with E-state index in [4.69, 9.17) is 5.73 Å². The zero-order valence-electron chi connectivity index (χ0n) is 13.2. The molecule has 0 radical (unpaired) electrons. The standard InChI is InChI=1S/C18H21FN2OS/c1-12-10-16(18(22)21-8-6-13(11-20)7-9-21)23-17(12)14-2-4-15(19)5-3-14/h2-5,10,13H,6-9,11,20H2,1H3. The smallest absolute Gasteiger partial charge is 0.263 e. The van der Waals surface area contributed by atoms with Crippen LogP contribution in [0.5, 0.6) is 0 Å². The Morgan fingerprint density at radius 1 is 1.30 bits per heavy atom. The maximum absolute atomic E-state index is 13.1. The van der Waals surface area contributed by atoms with Crippen molar-refractivity contribution in [3.63, 3.8) is 0 Å². The second kappa shape index (κ2) is 6.81. The molecule has 0 unspecified atom stereocenters. The molecule has 1 saturated heterocycles. The quantitative estimate of drug-likeness (QED) is 0.932. The number of halogens is 1. The van der Waals surface area contributed by atoms with Gasteiger partial charge in [-0.2, -0.15) is 0 Å². The first-order valence-corrected chi connectivity index (χ1v) is 8.76. The van der Waals surface area contributed by atoms with Crippen LogP contribution in [0.15, 0.2) is 30.3 Å². The Kier molecular flexibility index (Phi) is 4.78. The molecule has 1 aliphatic heterocycles. The van der Waals surface area contributed by atoms with E-state index in [1.54, 1.807) is 12.1 Å². The number of aryl methyl sites for hydroxylation is 1. The van der Waals surface area contributed by atoms with E-state index >= 15 is 0 Å². The number of hydrogen-bond donors (Lipinski definition) is 1. The highest BCUT2D eigenvalue weighted by molar-refractivity contribution is 7.17. The molecule has 122 valence electrons. The summed E-state index contributed by atoms with van der Waals surface area (Å²) in [5.41, 5.74) is 7.72. The van der Waals surface area contributed by atoms with Crippen molar-refractivity contribution in [2.24, 2.45) is 11.7 Å². The Bertz CT molecular complexity index is 688. The molecule has 0 saturated carbocycles. The van der Waals surface area contributed by atoms with Crippen LogP contribution in [0.2, 0.25) is 0 Å². The number of thiophene rings is 1. The molecule has 1 fully saturated rings. The van der Waals surface area contributed by atoms with Gasteiger partial charge in [-0.05, 0) is 61.6 Å². The van der Waals surface area contributed by atoms with E-state index in [0.29, 0.717) is 12.5 Å². The van der Waals surface area contributed by atoms with Crippen LogP contribution in [0.3, 0.4) is 0 Å². The second-order valence-electron chi connectivity index (χ2n) is 6.10. The number of nitrogens with two attached hydrogens (primary N) is 1. The van der Waals surface area contributed by atoms with Gasteiger partial charge in [-0.15, -0.1) is 11.3 Å². The fraction of sp³-hybridized carbons (Fsp3) is 0.389. The van der Waals surface area contributed by atoms with E-state index in [1.165, 1.54) is 23.5 Å². The number of carbonyl (C=O) groups is 1. The van der Waals surface area contributed by atoms with Crippen molar-refractivity contribution in [1.29, 1.82) is 0 Å². The van der Waals surface area contributed by atoms with Crippen LogP contribution in [0.4, 0.5) is 4.39 Å². The highest BCUT2D eigenvalue weighted by Gasteiger charge is 2.24. The van der Waals surface area contributed by atoms with Crippen molar-refractivity contribution in [3.05, 3.63) is 46.6 Å². The first-order chi connectivity index (χ1) is 11.1. The third-order valence-electron chi connectivity index (χ3n) is 4.47. The molecule has 0 aliphatic carbocycles. The average molecular weight is 332 g/mol. The first-order valence-electron chi connectivity index (χ1n) is 7.94. The zero-order valence-corrected chi connectivity index (χ0v) is 14.0. The molecule has 0 spiro atoms. The van der Waals surface area contributed by atoms with Crippen LogP contribution in [0, 0.1) is 18.7 Å². The zero-order chi connectivity index (χ0) is 16.4. The lowest BCUT2D eigenvalue weighted by molar-refractivity contribution is 0.0698. The molecule has 1 aromatic carbocycles. The Balaban J connectivity index is 1.78. The van der Waals surface area contributed by atoms with Gasteiger partial charge in [0, 0.05) is 18.0 Å². The van der Waals surface area contributed by atoms with Crippen LogP contribution in [0.25, 0.3) is 10.4 Å². The minimum absolute atomic E-state index is 0.0990. The molecule has 5 heteroatoms. The topological polar surface area (TPSA) is 46.3 Å². The van der Waals surface area contributed by atoms with Crippen LogP contribution < -0.4 is 5.73 Å². The monoisotopic (exact) mass is 332 g/mol. The van der Waals surface area contributed by atoms with E-state index < -0.39 is 0 Å². The Morgan fingerprint density at radius 3 is 2.57 bits per heavy atom. The molecule has 2 N–H and O–H groups in total. The third-order valence-corrected chi connectivity index (χ3v) is 5.74. The lowest BCUT2D eigenvalue weighted by Gasteiger charge is -2.31. The van der Waals surface area contributed by atoms with Crippen molar-refractivity contribution >= 4 is 17.2 Å². The summed E-state index contributed by atoms with van der Waals surface area (Å²) in [5.74, 6) is 0.392. The summed E-state index contributed by atoms with van der Waals surface area (Å²) in [6.07, 6.45) is 1.97. The van der Waals surface area contributed by atoms with Gasteiger partial charge in [-0.25, -0.2) is 4.39 Å². The minimum atomic E-state index is -0.248. The molecule has 1 aromatic heterocycles. The van der Waals surface area contributed by atoms with Crippen molar-refractivity contribution in [2.45, 2.75) is 19.8 Å². The fourth-order valence-electron chi connectivity index (χ4n) is 3.00. The normalized spacial score (nSPS) is 15.9. The molecule has 1 aliphatic rings. The van der Waals surface area contributed by atoms with E-state index in [2.05, 4.69) is 0 Å². The molecule has 0 bridgehead atoms. The maximum Gasteiger partial charge on any atom is 0.263 e. The highest BCUT2D eigenvalue weighted by atomic mass is 32.1. The van der Waals surface area contributed by atoms with Gasteiger partial charge < -0.3 is 10.6 Å². The molecule has 2 heterocycles. The van der Waals surface area contributed by atoms with Gasteiger partial charge in [-0.3, -0.25) is 4.79 Å². The number of benzene rings is 1. The molecule has 0 atom stereocenters. The van der Waals surface area contributed by atoms with Gasteiger partial charge in [0.25, 0.3) is 5.91 Å². The third kappa shape index (κ3) is 3.46. The summed E-state index contributed by atoms with van der Waals surface area (Å²) in [7, 11) is 0. The molecule has 1 amide bonds. The Morgan fingerprint density at radius 2 is 1.96 bits per heavy atom. The Labute approximate surface area is 139 Å². The van der Waals surface area contributed by atoms with Gasteiger partial charge >= 0.3 is 0 Å². The van der Waals surface area contributed by atoms with Gasteiger partial charge in [0.15, 0.2) is 0 Å². The molecule has 3 rings (SSSR count). The number of carbonyl (C=O) groups excluding carboxylic acids is 1. The first kappa shape index (κ1) is 16.1. The summed E-state index contributed by atoms with van der Waals surface area (Å²) in [6, 6.07) is 8.37. The van der Waals surface area contributed by atoms with Crippen molar-refractivity contribution < 1.29 is 9.18 Å². The fourth-order valence-corrected chi connectivity index (χ4v) is 4.15. The predicted octanol–water partition coefficient (Wildman–Crippen LogP) is 3.67. The van der Waals surface area contributed by atoms with Crippen molar-refractivity contribution in [2.75, 3.05) is 19.6 Å². The van der Waals surface area contributed by atoms with Gasteiger partial charge in [0.1, 0.15) is 5.82 Å². The number of hydrogen-bond acceptors (Lipinski definition) is 3. The lowest BCUT2D eigenvalue weighted by Crippen LogP contribution is -2.39. The number of piperidine rings is 1. The van der Waals surface area contributed by atoms with Crippen LogP contribution in [0.1, 0.15) is 28.1 Å². The van der Waals surface area contributed by atoms with E-state index in [-0.39, 0.29) is 11.7 Å². The largest absolute Gasteiger partial charge is 0.338 e. The maximum atomic E-state index is 13.1. The summed E-state index contributed by atoms with van der Waals surface area (Å²) in [6.45, 7) is 4.26. The van der Waals surface area contributed by atoms with Crippen molar-refractivity contribution in [1.82, 2.24) is 4.90 Å². The summed E-state index contributed by atoms with van der Waals surface area (Å²) in [4.78, 5) is 16.4. The van der Waals surface area contributed by atoms with Crippen molar-refractivity contribution in [3.8, 4) is 10.4 Å². The van der Waals surface area contributed by atoms with Crippen LogP contribution >= 0.6 is 11.3 Å². The van der Waals surface area contributed by atoms with Crippen LogP contribution in [-0.2, 0) is 0 Å². The molecule has 3 nitrogen and oxygen atoms in total. The summed E-state index contributed by atoms with van der Waals surface area (Å²) >= 11 is 1.49. The van der Waals surface area contributed by atoms with Gasteiger partial charge in [0.05, 0.1) is 4.88 Å². The van der Waals surface area contributed by atoms with Crippen LogP contribution in [-0.4, -0.2) is 30.4 Å². The minimum Gasteiger partial charge on any atom is -0.338 e. The Hall–Kier alpha value is -1.72. The van der Waals surface area contributed by atoms with Gasteiger partial charge in [0.2, 0.25) is 0 Å². The van der Waals surface area contributed by atoms with E-state index in [1.807, 2.05) is 17.9 Å². The number of amides is 1. The lowest BCUT2D eigenvalue weighted by atomic mass is 9.97. The molecular formula is C18H21FN2OS.